The van der Waals surface area contributed by atoms with Crippen molar-refractivity contribution >= 4 is 22.1 Å². The van der Waals surface area contributed by atoms with Crippen molar-refractivity contribution in [3.05, 3.63) is 0 Å². The van der Waals surface area contributed by atoms with E-state index in [1.165, 1.54) is 0 Å². The molecule has 1 heterocycles. The third-order valence-corrected chi connectivity index (χ3v) is 1.44. The van der Waals surface area contributed by atoms with Gasteiger partial charge in [-0.05, 0) is 0 Å². The first-order valence-electron chi connectivity index (χ1n) is 2.89. The van der Waals surface area contributed by atoms with Crippen LogP contribution in [-0.4, -0.2) is 38.2 Å². The van der Waals surface area contributed by atoms with E-state index in [-0.39, 0.29) is 0 Å². The highest BCUT2D eigenvalue weighted by atomic mass is 32.2. The highest BCUT2D eigenvalue weighted by molar-refractivity contribution is 7.85. The van der Waals surface area contributed by atoms with Crippen LogP contribution in [0.3, 0.4) is 0 Å². The monoisotopic (exact) mass is 194 g/mol. The largest absolute Gasteiger partial charge is 0.349 e. The summed E-state index contributed by atoms with van der Waals surface area (Å²) < 4.78 is 25.1. The number of hydrogen-bond acceptors (Lipinski definition) is 5. The molecule has 0 atom stereocenters. The van der Waals surface area contributed by atoms with Crippen LogP contribution in [-0.2, 0) is 19.2 Å². The molecule has 3 amide bonds. The Morgan fingerprint density at radius 2 is 2.08 bits per heavy atom. The van der Waals surface area contributed by atoms with Gasteiger partial charge in [0.1, 0.15) is 6.54 Å². The number of amides is 3. The van der Waals surface area contributed by atoms with Gasteiger partial charge < -0.3 is 0 Å². The summed E-state index contributed by atoms with van der Waals surface area (Å²) in [5.74, 6) is -0.594. The van der Waals surface area contributed by atoms with Crippen LogP contribution in [0.5, 0.6) is 0 Å². The topological polar surface area (TPSA) is 92.8 Å². The molecule has 0 unspecified atom stereocenters. The van der Waals surface area contributed by atoms with Crippen LogP contribution in [0.2, 0.25) is 0 Å². The normalized spacial score (nSPS) is 18.2. The maximum absolute atomic E-state index is 10.7. The molecule has 8 heteroatoms. The van der Waals surface area contributed by atoms with Crippen LogP contribution in [0.4, 0.5) is 4.79 Å². The van der Waals surface area contributed by atoms with Gasteiger partial charge in [0, 0.05) is 0 Å². The number of hydrogen-bond donors (Lipinski definition) is 1. The molecule has 1 aliphatic heterocycles. The van der Waals surface area contributed by atoms with E-state index in [1.807, 2.05) is 5.32 Å². The molecule has 0 spiro atoms. The van der Waals surface area contributed by atoms with Crippen LogP contribution in [0.1, 0.15) is 0 Å². The highest BCUT2D eigenvalue weighted by Gasteiger charge is 2.30. The molecule has 7 nitrogen and oxygen atoms in total. The van der Waals surface area contributed by atoms with Crippen molar-refractivity contribution in [1.82, 2.24) is 10.4 Å². The molecule has 0 bridgehead atoms. The van der Waals surface area contributed by atoms with Gasteiger partial charge in [0.25, 0.3) is 10.1 Å². The van der Waals surface area contributed by atoms with E-state index in [2.05, 4.69) is 4.28 Å². The summed E-state index contributed by atoms with van der Waals surface area (Å²) >= 11 is 0. The molecule has 1 N–H and O–H groups in total. The molecule has 0 radical (unpaired) electrons. The average molecular weight is 194 g/mol. The first-order chi connectivity index (χ1) is 5.38. The van der Waals surface area contributed by atoms with Crippen molar-refractivity contribution in [2.75, 3.05) is 12.8 Å². The zero-order valence-corrected chi connectivity index (χ0v) is 6.92. The Bertz CT molecular complexity index is 320. The predicted octanol–water partition coefficient (Wildman–Crippen LogP) is -1.57. The van der Waals surface area contributed by atoms with Crippen molar-refractivity contribution in [3.8, 4) is 0 Å². The highest BCUT2D eigenvalue weighted by Crippen LogP contribution is 2.01. The van der Waals surface area contributed by atoms with Crippen molar-refractivity contribution in [1.29, 1.82) is 0 Å². The third kappa shape index (κ3) is 2.17. The van der Waals surface area contributed by atoms with Gasteiger partial charge in [-0.15, -0.1) is 4.28 Å². The molecular weight excluding hydrogens is 188 g/mol. The number of carbonyl (C=O) groups excluding carboxylic acids is 2. The number of nitrogens with zero attached hydrogens (tertiary/aromatic N) is 1. The Labute approximate surface area is 68.4 Å². The minimum absolute atomic E-state index is 0.397. The van der Waals surface area contributed by atoms with Gasteiger partial charge in [0.2, 0.25) is 5.91 Å². The van der Waals surface area contributed by atoms with Crippen molar-refractivity contribution in [3.63, 3.8) is 0 Å². The molecule has 0 aliphatic carbocycles. The minimum Gasteiger partial charge on any atom is -0.274 e. The van der Waals surface area contributed by atoms with E-state index >= 15 is 0 Å². The summed E-state index contributed by atoms with van der Waals surface area (Å²) in [5, 5.41) is 2.29. The summed E-state index contributed by atoms with van der Waals surface area (Å²) in [6.45, 7) is -0.397. The van der Waals surface area contributed by atoms with Crippen molar-refractivity contribution in [2.45, 2.75) is 0 Å². The number of urea groups is 1. The lowest BCUT2D eigenvalue weighted by atomic mass is 10.7. The SMILES string of the molecule is CS(=O)(=O)ON1CC(=O)NC1=O. The second-order valence-corrected chi connectivity index (χ2v) is 3.73. The van der Waals surface area contributed by atoms with E-state index in [1.54, 1.807) is 0 Å². The van der Waals surface area contributed by atoms with E-state index in [0.717, 1.165) is 6.26 Å². The summed E-state index contributed by atoms with van der Waals surface area (Å²) in [6.07, 6.45) is 0.781. The van der Waals surface area contributed by atoms with Crippen LogP contribution in [0.15, 0.2) is 0 Å². The van der Waals surface area contributed by atoms with E-state index < -0.39 is 28.6 Å². The molecular formula is C4H6N2O5S. The number of nitrogens with one attached hydrogen (secondary N) is 1. The Morgan fingerprint density at radius 1 is 1.50 bits per heavy atom. The lowest BCUT2D eigenvalue weighted by Gasteiger charge is -2.08. The fourth-order valence-electron chi connectivity index (χ4n) is 0.647. The number of carbonyl (C=O) groups is 2. The second-order valence-electron chi connectivity index (χ2n) is 2.17. The van der Waals surface area contributed by atoms with Gasteiger partial charge >= 0.3 is 6.03 Å². The quantitative estimate of drug-likeness (QED) is 0.536. The first-order valence-corrected chi connectivity index (χ1v) is 4.71. The van der Waals surface area contributed by atoms with Gasteiger partial charge in [0.15, 0.2) is 0 Å². The Balaban J connectivity index is 2.67. The third-order valence-electron chi connectivity index (χ3n) is 0.985. The summed E-state index contributed by atoms with van der Waals surface area (Å²) in [6, 6.07) is -0.870. The fourth-order valence-corrected chi connectivity index (χ4v) is 1.09. The first kappa shape index (κ1) is 8.94. The number of rotatable bonds is 2. The summed E-state index contributed by atoms with van der Waals surface area (Å²) in [5.41, 5.74) is 0. The maximum atomic E-state index is 10.7. The molecule has 0 aromatic heterocycles. The molecule has 12 heavy (non-hydrogen) atoms. The lowest BCUT2D eigenvalue weighted by molar-refractivity contribution is -0.120. The number of hydroxylamine groups is 2. The minimum atomic E-state index is -3.75. The van der Waals surface area contributed by atoms with Gasteiger partial charge in [-0.1, -0.05) is 0 Å². The van der Waals surface area contributed by atoms with Crippen molar-refractivity contribution < 1.29 is 22.3 Å². The molecule has 0 aromatic carbocycles. The standard InChI is InChI=1S/C4H6N2O5S/c1-12(9,10)11-6-2-3(7)5-4(6)8/h2H2,1H3,(H,5,7,8). The Kier molecular flexibility index (Phi) is 2.02. The Morgan fingerprint density at radius 3 is 2.42 bits per heavy atom. The second kappa shape index (κ2) is 2.72. The smallest absolute Gasteiger partial charge is 0.274 e. The molecule has 1 saturated heterocycles. The van der Waals surface area contributed by atoms with E-state index in [9.17, 15) is 18.0 Å². The van der Waals surface area contributed by atoms with E-state index in [0.29, 0.717) is 5.06 Å². The van der Waals surface area contributed by atoms with Crippen LogP contribution in [0.25, 0.3) is 0 Å². The molecule has 0 aromatic rings. The van der Waals surface area contributed by atoms with Crippen LogP contribution < -0.4 is 5.32 Å². The molecule has 1 aliphatic rings. The maximum Gasteiger partial charge on any atom is 0.349 e. The predicted molar refractivity (Wildman–Crippen MR) is 36.2 cm³/mol. The van der Waals surface area contributed by atoms with Crippen molar-refractivity contribution in [2.24, 2.45) is 0 Å². The van der Waals surface area contributed by atoms with Gasteiger partial charge in [-0.25, -0.2) is 4.79 Å². The Hall–Kier alpha value is -1.15. The molecule has 1 rings (SSSR count). The van der Waals surface area contributed by atoms with Gasteiger partial charge in [-0.2, -0.15) is 13.5 Å². The lowest BCUT2D eigenvalue weighted by Crippen LogP contribution is -2.30. The van der Waals surface area contributed by atoms with Crippen LogP contribution >= 0.6 is 0 Å². The summed E-state index contributed by atoms with van der Waals surface area (Å²) in [4.78, 5) is 21.2. The molecule has 1 fully saturated rings. The zero-order valence-electron chi connectivity index (χ0n) is 6.10. The number of imide groups is 1. The fraction of sp³-hybridized carbons (Fsp3) is 0.500. The average Bonchev–Trinajstić information content (AvgIpc) is 2.06. The zero-order chi connectivity index (χ0) is 9.35. The van der Waals surface area contributed by atoms with Gasteiger partial charge in [0.05, 0.1) is 6.26 Å². The van der Waals surface area contributed by atoms with E-state index in [4.69, 9.17) is 0 Å². The molecule has 0 saturated carbocycles. The summed E-state index contributed by atoms with van der Waals surface area (Å²) in [7, 11) is -3.75. The van der Waals surface area contributed by atoms with Crippen LogP contribution in [0, 0.1) is 0 Å². The molecule has 68 valence electrons. The van der Waals surface area contributed by atoms with Gasteiger partial charge in [-0.3, -0.25) is 10.1 Å².